The van der Waals surface area contributed by atoms with Gasteiger partial charge in [-0.1, -0.05) is 36.4 Å². The molecule has 2 aromatic heterocycles. The average Bonchev–Trinajstić information content (AvgIpc) is 2.76. The van der Waals surface area contributed by atoms with Crippen molar-refractivity contribution in [3.8, 4) is 17.2 Å². The number of aromatic nitrogens is 2. The zero-order valence-corrected chi connectivity index (χ0v) is 16.8. The zero-order valence-electron chi connectivity index (χ0n) is 16.8. The van der Waals surface area contributed by atoms with Crippen LogP contribution in [0.4, 0.5) is 5.82 Å². The monoisotopic (exact) mass is 401 g/mol. The molecule has 0 aliphatic heterocycles. The summed E-state index contributed by atoms with van der Waals surface area (Å²) in [7, 11) is 0. The third-order valence-electron chi connectivity index (χ3n) is 4.92. The number of phenolic OH excluding ortho intramolecular Hbond substituents is 2. The Morgan fingerprint density at radius 2 is 1.73 bits per heavy atom. The van der Waals surface area contributed by atoms with Gasteiger partial charge in [-0.2, -0.15) is 0 Å². The van der Waals surface area contributed by atoms with Crippen molar-refractivity contribution >= 4 is 16.7 Å². The lowest BCUT2D eigenvalue weighted by atomic mass is 9.95. The van der Waals surface area contributed by atoms with Crippen molar-refractivity contribution in [2.24, 2.45) is 0 Å². The number of para-hydroxylation sites is 1. The van der Waals surface area contributed by atoms with E-state index in [1.54, 1.807) is 18.3 Å². The largest absolute Gasteiger partial charge is 0.505 e. The summed E-state index contributed by atoms with van der Waals surface area (Å²) in [6.45, 7) is 4.17. The summed E-state index contributed by atoms with van der Waals surface area (Å²) >= 11 is 0. The first-order chi connectivity index (χ1) is 14.6. The van der Waals surface area contributed by atoms with Gasteiger partial charge >= 0.3 is 0 Å². The Bertz CT molecular complexity index is 1180. The van der Waals surface area contributed by atoms with Crippen LogP contribution in [0.1, 0.15) is 29.8 Å². The van der Waals surface area contributed by atoms with Gasteiger partial charge in [0.1, 0.15) is 17.1 Å². The molecule has 0 bridgehead atoms. The predicted molar refractivity (Wildman–Crippen MR) is 117 cm³/mol. The highest BCUT2D eigenvalue weighted by molar-refractivity contribution is 5.86. The van der Waals surface area contributed by atoms with Gasteiger partial charge in [-0.05, 0) is 38.1 Å². The number of aryl methyl sites for hydroxylation is 1. The number of hydrogen-bond donors (Lipinski definition) is 3. The molecular weight excluding hydrogens is 378 g/mol. The highest BCUT2D eigenvalue weighted by atomic mass is 16.5. The van der Waals surface area contributed by atoms with E-state index in [4.69, 9.17) is 4.74 Å². The Labute approximate surface area is 174 Å². The van der Waals surface area contributed by atoms with Gasteiger partial charge in [0.15, 0.2) is 11.5 Å². The average molecular weight is 401 g/mol. The molecular formula is C24H23N3O3. The minimum absolute atomic E-state index is 0.0180. The second kappa shape index (κ2) is 8.29. The van der Waals surface area contributed by atoms with E-state index in [-0.39, 0.29) is 11.5 Å². The first-order valence-electron chi connectivity index (χ1n) is 9.80. The Hall–Kier alpha value is -3.80. The van der Waals surface area contributed by atoms with E-state index in [9.17, 15) is 10.2 Å². The summed E-state index contributed by atoms with van der Waals surface area (Å²) < 4.78 is 5.56. The van der Waals surface area contributed by atoms with Crippen molar-refractivity contribution in [1.82, 2.24) is 9.97 Å². The van der Waals surface area contributed by atoms with Crippen molar-refractivity contribution in [3.05, 3.63) is 83.7 Å². The van der Waals surface area contributed by atoms with E-state index in [2.05, 4.69) is 15.3 Å². The quantitative estimate of drug-likeness (QED) is 0.424. The topological polar surface area (TPSA) is 87.5 Å². The minimum atomic E-state index is -0.577. The smallest absolute Gasteiger partial charge is 0.163 e. The highest BCUT2D eigenvalue weighted by Crippen LogP contribution is 2.42. The molecule has 4 aromatic rings. The molecule has 0 amide bonds. The van der Waals surface area contributed by atoms with Crippen LogP contribution in [-0.4, -0.2) is 26.8 Å². The first-order valence-corrected chi connectivity index (χ1v) is 9.80. The molecule has 4 rings (SSSR count). The lowest BCUT2D eigenvalue weighted by molar-refractivity contribution is 0.316. The lowest BCUT2D eigenvalue weighted by Crippen LogP contribution is -2.14. The number of ether oxygens (including phenoxy) is 1. The van der Waals surface area contributed by atoms with Gasteiger partial charge in [-0.15, -0.1) is 0 Å². The number of nitrogens with zero attached hydrogens (tertiary/aromatic N) is 2. The van der Waals surface area contributed by atoms with Crippen LogP contribution in [0.2, 0.25) is 0 Å². The van der Waals surface area contributed by atoms with E-state index >= 15 is 0 Å². The van der Waals surface area contributed by atoms with E-state index in [0.29, 0.717) is 34.8 Å². The molecule has 0 saturated carbocycles. The molecule has 1 atom stereocenters. The van der Waals surface area contributed by atoms with Crippen LogP contribution >= 0.6 is 0 Å². The molecule has 6 heteroatoms. The number of anilines is 1. The third kappa shape index (κ3) is 3.72. The summed E-state index contributed by atoms with van der Waals surface area (Å²) in [5, 5.41) is 26.2. The molecule has 2 aromatic carbocycles. The summed E-state index contributed by atoms with van der Waals surface area (Å²) in [5.74, 6) is 1.08. The van der Waals surface area contributed by atoms with Gasteiger partial charge in [0.2, 0.25) is 0 Å². The standard InChI is InChI=1S/C24H23N3O3/c1-3-30-19-8-6-7-17(23(19)28)22(27-20-9-4-5-14-25-20)18-13-12-16-11-10-15(2)26-21(16)24(18)29/h4-14,22,28-29H,3H2,1-2H3,(H,25,27)/t22-/m0/s1. The van der Waals surface area contributed by atoms with Crippen LogP contribution in [0.15, 0.2) is 66.9 Å². The molecule has 0 saturated heterocycles. The molecule has 0 spiro atoms. The molecule has 0 aliphatic carbocycles. The van der Waals surface area contributed by atoms with Crippen LogP contribution in [-0.2, 0) is 0 Å². The van der Waals surface area contributed by atoms with Gasteiger partial charge in [0, 0.05) is 28.4 Å². The number of hydrogen-bond acceptors (Lipinski definition) is 6. The van der Waals surface area contributed by atoms with Crippen LogP contribution in [0.25, 0.3) is 10.9 Å². The van der Waals surface area contributed by atoms with Crippen LogP contribution in [0.5, 0.6) is 17.2 Å². The van der Waals surface area contributed by atoms with Gasteiger partial charge in [0.25, 0.3) is 0 Å². The molecule has 2 heterocycles. The number of aromatic hydroxyl groups is 2. The highest BCUT2D eigenvalue weighted by Gasteiger charge is 2.24. The summed E-state index contributed by atoms with van der Waals surface area (Å²) in [5.41, 5.74) is 2.47. The number of nitrogens with one attached hydrogen (secondary N) is 1. The minimum Gasteiger partial charge on any atom is -0.505 e. The fourth-order valence-corrected chi connectivity index (χ4v) is 3.48. The molecule has 6 nitrogen and oxygen atoms in total. The van der Waals surface area contributed by atoms with Gasteiger partial charge in [-0.3, -0.25) is 0 Å². The predicted octanol–water partition coefficient (Wildman–Crippen LogP) is 4.95. The Balaban J connectivity index is 1.90. The molecule has 0 radical (unpaired) electrons. The maximum atomic E-state index is 11.1. The molecule has 3 N–H and O–H groups in total. The first kappa shape index (κ1) is 19.5. The normalized spacial score (nSPS) is 11.9. The second-order valence-corrected chi connectivity index (χ2v) is 6.95. The Morgan fingerprint density at radius 3 is 2.50 bits per heavy atom. The molecule has 30 heavy (non-hydrogen) atoms. The van der Waals surface area contributed by atoms with E-state index in [1.807, 2.05) is 62.4 Å². The lowest BCUT2D eigenvalue weighted by Gasteiger charge is -2.23. The van der Waals surface area contributed by atoms with E-state index in [1.165, 1.54) is 0 Å². The van der Waals surface area contributed by atoms with Crippen molar-refractivity contribution in [2.75, 3.05) is 11.9 Å². The Kier molecular flexibility index (Phi) is 5.39. The number of fused-ring (bicyclic) bond motifs is 1. The fourth-order valence-electron chi connectivity index (χ4n) is 3.48. The second-order valence-electron chi connectivity index (χ2n) is 6.95. The maximum absolute atomic E-state index is 11.1. The maximum Gasteiger partial charge on any atom is 0.163 e. The van der Waals surface area contributed by atoms with Crippen molar-refractivity contribution in [1.29, 1.82) is 0 Å². The number of benzene rings is 2. The number of rotatable bonds is 6. The van der Waals surface area contributed by atoms with Crippen molar-refractivity contribution in [3.63, 3.8) is 0 Å². The summed E-state index contributed by atoms with van der Waals surface area (Å²) in [4.78, 5) is 8.85. The van der Waals surface area contributed by atoms with Gasteiger partial charge in [0.05, 0.1) is 12.6 Å². The molecule has 0 fully saturated rings. The van der Waals surface area contributed by atoms with E-state index < -0.39 is 6.04 Å². The molecule has 152 valence electrons. The third-order valence-corrected chi connectivity index (χ3v) is 4.92. The zero-order chi connectivity index (χ0) is 21.1. The van der Waals surface area contributed by atoms with Gasteiger partial charge in [-0.25, -0.2) is 9.97 Å². The van der Waals surface area contributed by atoms with Gasteiger partial charge < -0.3 is 20.3 Å². The van der Waals surface area contributed by atoms with E-state index in [0.717, 1.165) is 11.1 Å². The SMILES string of the molecule is CCOc1cccc([C@H](Nc2ccccn2)c2ccc3ccc(C)nc3c2O)c1O. The fraction of sp³-hybridized carbons (Fsp3) is 0.167. The van der Waals surface area contributed by atoms with Crippen LogP contribution < -0.4 is 10.1 Å². The van der Waals surface area contributed by atoms with Crippen LogP contribution in [0.3, 0.4) is 0 Å². The Morgan fingerprint density at radius 1 is 0.933 bits per heavy atom. The number of phenols is 2. The molecule has 0 unspecified atom stereocenters. The van der Waals surface area contributed by atoms with Crippen molar-refractivity contribution < 1.29 is 14.9 Å². The van der Waals surface area contributed by atoms with Crippen LogP contribution in [0, 0.1) is 6.92 Å². The number of pyridine rings is 2. The molecule has 0 aliphatic rings. The summed E-state index contributed by atoms with van der Waals surface area (Å²) in [6.07, 6.45) is 1.68. The van der Waals surface area contributed by atoms with Crippen molar-refractivity contribution in [2.45, 2.75) is 19.9 Å². The summed E-state index contributed by atoms with van der Waals surface area (Å²) in [6, 6.07) is 17.9.